The first-order valence-corrected chi connectivity index (χ1v) is 15.5. The molecule has 3 rings (SSSR count). The molecule has 0 amide bonds. The Morgan fingerprint density at radius 2 is 1.03 bits per heavy atom. The molecule has 7 N–H and O–H groups in total. The van der Waals surface area contributed by atoms with Gasteiger partial charge in [0.05, 0.1) is 45.7 Å². The van der Waals surface area contributed by atoms with Crippen LogP contribution in [0.2, 0.25) is 0 Å². The van der Waals surface area contributed by atoms with Gasteiger partial charge in [-0.2, -0.15) is 0 Å². The van der Waals surface area contributed by atoms with Crippen LogP contribution in [0.1, 0.15) is 19.3 Å². The van der Waals surface area contributed by atoms with Crippen molar-refractivity contribution >= 4 is 39.2 Å². The Morgan fingerprint density at radius 1 is 0.667 bits per heavy atom. The third kappa shape index (κ3) is 7.55. The molecular formula is C18H37B3O16P2. The monoisotopic (exact) mass is 604 g/mol. The lowest BCUT2D eigenvalue weighted by atomic mass is 9.93. The predicted molar refractivity (Wildman–Crippen MR) is 138 cm³/mol. The van der Waals surface area contributed by atoms with Crippen molar-refractivity contribution in [1.29, 1.82) is 0 Å². The van der Waals surface area contributed by atoms with Gasteiger partial charge in [0.1, 0.15) is 52.5 Å². The molecule has 10 atom stereocenters. The summed E-state index contributed by atoms with van der Waals surface area (Å²) in [6.07, 6.45) is -3.54. The third-order valence-corrected chi connectivity index (χ3v) is 9.22. The molecule has 3 fully saturated rings. The molecule has 3 aliphatic rings. The van der Waals surface area contributed by atoms with Crippen LogP contribution in [0.25, 0.3) is 0 Å². The van der Waals surface area contributed by atoms with Gasteiger partial charge in [0.15, 0.2) is 0 Å². The summed E-state index contributed by atoms with van der Waals surface area (Å²) < 4.78 is 62.9. The van der Waals surface area contributed by atoms with Crippen LogP contribution in [0.15, 0.2) is 0 Å². The minimum absolute atomic E-state index is 0.0398. The second kappa shape index (κ2) is 12.8. The molecule has 3 heterocycles. The quantitative estimate of drug-likeness (QED) is 0.0724. The zero-order chi connectivity index (χ0) is 29.3. The number of aliphatic hydroxyl groups is 5. The van der Waals surface area contributed by atoms with E-state index >= 15 is 0 Å². The second-order valence-corrected chi connectivity index (χ2v) is 13.3. The van der Waals surface area contributed by atoms with Crippen molar-refractivity contribution < 1.29 is 76.8 Å². The Balaban J connectivity index is 1.67. The van der Waals surface area contributed by atoms with Crippen molar-refractivity contribution in [3.8, 4) is 0 Å². The summed E-state index contributed by atoms with van der Waals surface area (Å²) in [5.41, 5.74) is -5.17. The molecule has 0 aromatic rings. The van der Waals surface area contributed by atoms with E-state index in [-0.39, 0.29) is 19.3 Å². The van der Waals surface area contributed by atoms with Crippen LogP contribution in [-0.2, 0) is 41.4 Å². The van der Waals surface area contributed by atoms with Crippen LogP contribution in [0.5, 0.6) is 0 Å². The SMILES string of the molecule is B[C@H]1C[C@@H](OP(=O)(O)OC[C@@]2(CO)O[C@@H](B)C[C@H]2OP(=O)(O)OC[C@@]2(CO)O[C@@H](B)C[C@H]2O)C(CO)(CO)O1. The minimum Gasteiger partial charge on any atom is -0.393 e. The Kier molecular flexibility index (Phi) is 11.0. The first-order valence-electron chi connectivity index (χ1n) is 12.6. The summed E-state index contributed by atoms with van der Waals surface area (Å²) >= 11 is 0. The number of phosphoric ester groups is 2. The zero-order valence-corrected chi connectivity index (χ0v) is 23.8. The van der Waals surface area contributed by atoms with Crippen molar-refractivity contribution in [2.45, 2.75) is 72.4 Å². The molecule has 0 bridgehead atoms. The molecule has 3 aliphatic heterocycles. The summed E-state index contributed by atoms with van der Waals surface area (Å²) in [6, 6.07) is -1.58. The fourth-order valence-electron chi connectivity index (χ4n) is 5.14. The highest BCUT2D eigenvalue weighted by atomic mass is 31.2. The topological polar surface area (TPSA) is 240 Å². The summed E-state index contributed by atoms with van der Waals surface area (Å²) in [6.45, 7) is -4.45. The van der Waals surface area contributed by atoms with Gasteiger partial charge in [0.25, 0.3) is 0 Å². The van der Waals surface area contributed by atoms with E-state index in [4.69, 9.17) is 32.3 Å². The minimum atomic E-state index is -4.92. The van der Waals surface area contributed by atoms with E-state index in [0.29, 0.717) is 0 Å². The molecule has 0 aromatic carbocycles. The van der Waals surface area contributed by atoms with E-state index in [1.54, 1.807) is 23.5 Å². The highest BCUT2D eigenvalue weighted by Gasteiger charge is 2.55. The molecule has 21 heteroatoms. The standard InChI is InChI=1S/C18H37B3O16P2/c19-13-1-10(26)17(6-24,34-13)8-31-38(27,28)37-12-3-15(21)35-18(12,7-25)9-32-39(29,30)36-11-2-14(20)33-16(11,4-22)5-23/h10-15,22-26H,1-9,19-21H2,(H,27,28)(H,29,30)/t10-,11-,12-,13-,14-,15-,17-,18-/m1/s1. The molecule has 16 nitrogen and oxygen atoms in total. The number of ether oxygens (including phenoxy) is 3. The summed E-state index contributed by atoms with van der Waals surface area (Å²) in [7, 11) is -4.98. The van der Waals surface area contributed by atoms with E-state index in [2.05, 4.69) is 0 Å². The molecule has 0 saturated carbocycles. The summed E-state index contributed by atoms with van der Waals surface area (Å²) in [5.74, 6) is 0. The maximum Gasteiger partial charge on any atom is 0.472 e. The van der Waals surface area contributed by atoms with Crippen LogP contribution in [0.3, 0.4) is 0 Å². The molecule has 0 aliphatic carbocycles. The van der Waals surface area contributed by atoms with Gasteiger partial charge in [0, 0.05) is 18.0 Å². The van der Waals surface area contributed by atoms with Gasteiger partial charge in [-0.05, 0) is 19.3 Å². The Labute approximate surface area is 228 Å². The number of hydrogen-bond acceptors (Lipinski definition) is 14. The molecule has 0 aromatic heterocycles. The van der Waals surface area contributed by atoms with Crippen molar-refractivity contribution in [3.05, 3.63) is 0 Å². The Bertz CT molecular complexity index is 931. The first kappa shape index (κ1) is 33.6. The van der Waals surface area contributed by atoms with Gasteiger partial charge in [0.2, 0.25) is 0 Å². The van der Waals surface area contributed by atoms with Crippen LogP contribution >= 0.6 is 15.6 Å². The molecule has 2 unspecified atom stereocenters. The number of aliphatic hydroxyl groups excluding tert-OH is 5. The van der Waals surface area contributed by atoms with E-state index in [0.717, 1.165) is 0 Å². The number of rotatable bonds is 14. The normalized spacial score (nSPS) is 41.4. The molecule has 39 heavy (non-hydrogen) atoms. The van der Waals surface area contributed by atoms with Gasteiger partial charge in [-0.15, -0.1) is 0 Å². The van der Waals surface area contributed by atoms with E-state index < -0.39 is 108 Å². The van der Waals surface area contributed by atoms with Gasteiger partial charge in [-0.1, -0.05) is 0 Å². The predicted octanol–water partition coefficient (Wildman–Crippen LogP) is -5.32. The van der Waals surface area contributed by atoms with Crippen molar-refractivity contribution in [2.75, 3.05) is 39.6 Å². The first-order chi connectivity index (χ1) is 18.1. The second-order valence-electron chi connectivity index (χ2n) is 10.5. The molecular weight excluding hydrogens is 567 g/mol. The van der Waals surface area contributed by atoms with E-state index in [9.17, 15) is 44.4 Å². The number of phosphoric acid groups is 2. The lowest BCUT2D eigenvalue weighted by Crippen LogP contribution is -2.49. The van der Waals surface area contributed by atoms with Crippen molar-refractivity contribution in [1.82, 2.24) is 0 Å². The largest absolute Gasteiger partial charge is 0.472 e. The summed E-state index contributed by atoms with van der Waals surface area (Å²) in [5, 5.41) is 49.5. The van der Waals surface area contributed by atoms with Gasteiger partial charge < -0.3 is 49.5 Å². The Hall–Kier alpha value is 0.0948. The average Bonchev–Trinajstić information content (AvgIpc) is 3.45. The van der Waals surface area contributed by atoms with Crippen molar-refractivity contribution in [3.63, 3.8) is 0 Å². The summed E-state index contributed by atoms with van der Waals surface area (Å²) in [4.78, 5) is 20.8. The molecule has 3 saturated heterocycles. The maximum absolute atomic E-state index is 12.8. The fraction of sp³-hybridized carbons (Fsp3) is 1.00. The lowest BCUT2D eigenvalue weighted by Gasteiger charge is -2.35. The highest BCUT2D eigenvalue weighted by molar-refractivity contribution is 7.47. The van der Waals surface area contributed by atoms with Crippen LogP contribution in [0, 0.1) is 0 Å². The smallest absolute Gasteiger partial charge is 0.393 e. The van der Waals surface area contributed by atoms with E-state index in [1.807, 2.05) is 0 Å². The zero-order valence-electron chi connectivity index (χ0n) is 22.0. The molecule has 224 valence electrons. The van der Waals surface area contributed by atoms with Gasteiger partial charge in [-0.25, -0.2) is 9.13 Å². The Morgan fingerprint density at radius 3 is 1.44 bits per heavy atom. The fourth-order valence-corrected chi connectivity index (χ4v) is 7.22. The third-order valence-electron chi connectivity index (χ3n) is 7.27. The maximum atomic E-state index is 12.8. The number of hydrogen-bond donors (Lipinski definition) is 7. The van der Waals surface area contributed by atoms with E-state index in [1.165, 1.54) is 0 Å². The molecule has 0 radical (unpaired) electrons. The highest BCUT2D eigenvalue weighted by Crippen LogP contribution is 2.53. The average molecular weight is 604 g/mol. The van der Waals surface area contributed by atoms with Gasteiger partial charge >= 0.3 is 15.6 Å². The van der Waals surface area contributed by atoms with Crippen LogP contribution < -0.4 is 0 Å². The van der Waals surface area contributed by atoms with Crippen molar-refractivity contribution in [2.24, 2.45) is 0 Å². The van der Waals surface area contributed by atoms with Crippen LogP contribution in [0.4, 0.5) is 0 Å². The molecule has 0 spiro atoms. The van der Waals surface area contributed by atoms with Crippen LogP contribution in [-0.4, -0.2) is 152 Å². The lowest BCUT2D eigenvalue weighted by molar-refractivity contribution is -0.137. The van der Waals surface area contributed by atoms with Gasteiger partial charge in [-0.3, -0.25) is 18.1 Å².